The number of hydrogen-bond acceptors (Lipinski definition) is 3. The van der Waals surface area contributed by atoms with E-state index in [0.29, 0.717) is 13.2 Å². The van der Waals surface area contributed by atoms with E-state index in [1.165, 1.54) is 11.1 Å². The predicted molar refractivity (Wildman–Crippen MR) is 80.3 cm³/mol. The maximum Gasteiger partial charge on any atom is 0.191 e. The van der Waals surface area contributed by atoms with Gasteiger partial charge in [0, 0.05) is 6.42 Å². The van der Waals surface area contributed by atoms with E-state index in [4.69, 9.17) is 14.6 Å². The van der Waals surface area contributed by atoms with Gasteiger partial charge in [-0.15, -0.1) is 0 Å². The third-order valence-corrected chi connectivity index (χ3v) is 4.46. The Hall–Kier alpha value is -0.900. The van der Waals surface area contributed by atoms with Crippen molar-refractivity contribution in [3.8, 4) is 0 Å². The molecule has 3 nitrogen and oxygen atoms in total. The SMILES string of the molecule is CC1=C(/C=C/C(C)=C/CO)C(C)(C)CCC12OC[13CH2]O2. The van der Waals surface area contributed by atoms with Crippen LogP contribution in [0.5, 0.6) is 0 Å². The van der Waals surface area contributed by atoms with Gasteiger partial charge in [0.2, 0.25) is 0 Å². The van der Waals surface area contributed by atoms with Crippen LogP contribution in [0, 0.1) is 5.41 Å². The summed E-state index contributed by atoms with van der Waals surface area (Å²) in [6, 6.07) is 0. The highest BCUT2D eigenvalue weighted by molar-refractivity contribution is 5.39. The van der Waals surface area contributed by atoms with Crippen LogP contribution in [-0.4, -0.2) is 30.7 Å². The van der Waals surface area contributed by atoms with Gasteiger partial charge in [-0.2, -0.15) is 0 Å². The van der Waals surface area contributed by atoms with Gasteiger partial charge in [-0.3, -0.25) is 0 Å². The molecule has 1 N–H and O–H groups in total. The summed E-state index contributed by atoms with van der Waals surface area (Å²) in [6.45, 7) is 10.1. The van der Waals surface area contributed by atoms with Crippen molar-refractivity contribution in [2.45, 2.75) is 46.3 Å². The van der Waals surface area contributed by atoms with Crippen molar-refractivity contribution in [1.29, 1.82) is 0 Å². The first-order valence-electron chi connectivity index (χ1n) is 7.37. The van der Waals surface area contributed by atoms with E-state index in [1.807, 2.05) is 6.92 Å². The maximum absolute atomic E-state index is 8.93. The van der Waals surface area contributed by atoms with Crippen LogP contribution in [0.25, 0.3) is 0 Å². The second-order valence-corrected chi connectivity index (χ2v) is 6.34. The highest BCUT2D eigenvalue weighted by Gasteiger charge is 2.46. The average molecular weight is 279 g/mol. The monoisotopic (exact) mass is 279 g/mol. The Bertz CT molecular complexity index is 449. The molecule has 2 rings (SSSR count). The summed E-state index contributed by atoms with van der Waals surface area (Å²) in [6.07, 6.45) is 8.00. The molecule has 0 bridgehead atoms. The van der Waals surface area contributed by atoms with Crippen LogP contribution in [0.3, 0.4) is 0 Å². The van der Waals surface area contributed by atoms with Crippen molar-refractivity contribution >= 4 is 0 Å². The lowest BCUT2D eigenvalue weighted by Gasteiger charge is -2.42. The standard InChI is InChI=1S/C17H26O3/c1-13(7-10-18)5-6-15-14(2)17(19-11-12-20-17)9-8-16(15,3)4/h5-7,18H,8-12H2,1-4H3/b6-5+,13-7+/i11+1. The molecule has 1 aliphatic heterocycles. The number of hydrogen-bond donors (Lipinski definition) is 1. The fourth-order valence-corrected chi connectivity index (χ4v) is 3.10. The fraction of sp³-hybridized carbons (Fsp3) is 0.647. The molecule has 3 heteroatoms. The summed E-state index contributed by atoms with van der Waals surface area (Å²) < 4.78 is 11.8. The Morgan fingerprint density at radius 1 is 1.25 bits per heavy atom. The van der Waals surface area contributed by atoms with E-state index >= 15 is 0 Å². The van der Waals surface area contributed by atoms with Gasteiger partial charge < -0.3 is 14.6 Å². The minimum absolute atomic E-state index is 0.0771. The molecule has 0 radical (unpaired) electrons. The molecule has 0 amide bonds. The molecule has 1 atom stereocenters. The Morgan fingerprint density at radius 3 is 2.50 bits per heavy atom. The largest absolute Gasteiger partial charge is 0.392 e. The van der Waals surface area contributed by atoms with Crippen molar-refractivity contribution in [3.05, 3.63) is 34.9 Å². The van der Waals surface area contributed by atoms with Crippen LogP contribution in [0.4, 0.5) is 0 Å². The van der Waals surface area contributed by atoms with Crippen molar-refractivity contribution in [3.63, 3.8) is 0 Å². The molecule has 2 aliphatic rings. The lowest BCUT2D eigenvalue weighted by molar-refractivity contribution is -0.141. The molecular weight excluding hydrogens is 253 g/mol. The molecule has 112 valence electrons. The smallest absolute Gasteiger partial charge is 0.191 e. The van der Waals surface area contributed by atoms with E-state index in [0.717, 1.165) is 18.4 Å². The molecule has 0 aromatic heterocycles. The summed E-state index contributed by atoms with van der Waals surface area (Å²) in [5, 5.41) is 8.93. The van der Waals surface area contributed by atoms with E-state index in [2.05, 4.69) is 32.9 Å². The zero-order valence-corrected chi connectivity index (χ0v) is 13.0. The molecule has 1 aliphatic carbocycles. The molecule has 0 aromatic rings. The Kier molecular flexibility index (Phi) is 4.52. The quantitative estimate of drug-likeness (QED) is 0.636. The van der Waals surface area contributed by atoms with Gasteiger partial charge in [0.1, 0.15) is 0 Å². The van der Waals surface area contributed by atoms with Crippen molar-refractivity contribution < 1.29 is 14.6 Å². The Labute approximate surface area is 122 Å². The first-order chi connectivity index (χ1) is 9.41. The van der Waals surface area contributed by atoms with Crippen molar-refractivity contribution in [1.82, 2.24) is 0 Å². The van der Waals surface area contributed by atoms with E-state index in [1.54, 1.807) is 6.08 Å². The zero-order valence-electron chi connectivity index (χ0n) is 13.0. The lowest BCUT2D eigenvalue weighted by Crippen LogP contribution is -2.39. The minimum atomic E-state index is -0.496. The molecule has 1 saturated heterocycles. The second-order valence-electron chi connectivity index (χ2n) is 6.34. The molecule has 0 aromatic carbocycles. The van der Waals surface area contributed by atoms with Crippen LogP contribution in [0.1, 0.15) is 40.5 Å². The third kappa shape index (κ3) is 2.90. The second kappa shape index (κ2) is 5.84. The first-order valence-corrected chi connectivity index (χ1v) is 7.37. The van der Waals surface area contributed by atoms with Crippen LogP contribution >= 0.6 is 0 Å². The minimum Gasteiger partial charge on any atom is -0.392 e. The van der Waals surface area contributed by atoms with Gasteiger partial charge in [-0.1, -0.05) is 37.6 Å². The molecule has 1 spiro atoms. The van der Waals surface area contributed by atoms with Crippen molar-refractivity contribution in [2.24, 2.45) is 5.41 Å². The molecular formula is C17H26O3. The van der Waals surface area contributed by atoms with Crippen LogP contribution in [0.15, 0.2) is 34.9 Å². The van der Waals surface area contributed by atoms with Gasteiger partial charge in [0.05, 0.1) is 19.8 Å². The topological polar surface area (TPSA) is 38.7 Å². The molecule has 1 heterocycles. The van der Waals surface area contributed by atoms with E-state index in [9.17, 15) is 0 Å². The first kappa shape index (κ1) is 15.5. The van der Waals surface area contributed by atoms with Crippen molar-refractivity contribution in [2.75, 3.05) is 19.8 Å². The summed E-state index contributed by atoms with van der Waals surface area (Å²) in [7, 11) is 0. The zero-order chi connectivity index (χ0) is 14.8. The molecule has 1 fully saturated rings. The van der Waals surface area contributed by atoms with Gasteiger partial charge in [-0.25, -0.2) is 0 Å². The molecule has 20 heavy (non-hydrogen) atoms. The fourth-order valence-electron chi connectivity index (χ4n) is 3.10. The number of aliphatic hydroxyl groups excluding tert-OH is 1. The highest BCUT2D eigenvalue weighted by Crippen LogP contribution is 2.48. The Balaban J connectivity index is 2.36. The van der Waals surface area contributed by atoms with E-state index in [-0.39, 0.29) is 12.0 Å². The Morgan fingerprint density at radius 2 is 1.90 bits per heavy atom. The van der Waals surface area contributed by atoms with Crippen LogP contribution in [-0.2, 0) is 9.47 Å². The van der Waals surface area contributed by atoms with Gasteiger partial charge >= 0.3 is 0 Å². The highest BCUT2D eigenvalue weighted by atomic mass is 16.8. The van der Waals surface area contributed by atoms with Gasteiger partial charge in [0.15, 0.2) is 5.79 Å². The summed E-state index contributed by atoms with van der Waals surface area (Å²) in [5.74, 6) is -0.496. The average Bonchev–Trinajstić information content (AvgIpc) is 2.85. The number of allylic oxidation sites excluding steroid dienone is 4. The summed E-state index contributed by atoms with van der Waals surface area (Å²) >= 11 is 0. The van der Waals surface area contributed by atoms with E-state index < -0.39 is 5.79 Å². The normalized spacial score (nSPS) is 30.8. The lowest BCUT2D eigenvalue weighted by atomic mass is 9.70. The molecule has 1 unspecified atom stereocenters. The van der Waals surface area contributed by atoms with Crippen LogP contribution in [0.2, 0.25) is 0 Å². The number of rotatable bonds is 3. The van der Waals surface area contributed by atoms with Crippen LogP contribution < -0.4 is 0 Å². The number of ether oxygens (including phenoxy) is 2. The predicted octanol–water partition coefficient (Wildman–Crippen LogP) is 3.36. The number of aliphatic hydroxyl groups is 1. The third-order valence-electron chi connectivity index (χ3n) is 4.46. The van der Waals surface area contributed by atoms with Gasteiger partial charge in [-0.05, 0) is 36.8 Å². The summed E-state index contributed by atoms with van der Waals surface area (Å²) in [5.41, 5.74) is 3.67. The summed E-state index contributed by atoms with van der Waals surface area (Å²) in [4.78, 5) is 0. The molecule has 0 saturated carbocycles. The van der Waals surface area contributed by atoms with Gasteiger partial charge in [0.25, 0.3) is 0 Å². The maximum atomic E-state index is 8.93.